The summed E-state index contributed by atoms with van der Waals surface area (Å²) in [4.78, 5) is 27.0. The van der Waals surface area contributed by atoms with Gasteiger partial charge in [-0.3, -0.25) is 9.59 Å². The van der Waals surface area contributed by atoms with Crippen molar-refractivity contribution in [2.45, 2.75) is 52.7 Å². The summed E-state index contributed by atoms with van der Waals surface area (Å²) in [5.41, 5.74) is 2.04. The minimum absolute atomic E-state index is 0.0248. The number of carbonyl (C=O) groups excluding carboxylic acids is 2. The number of benzene rings is 2. The van der Waals surface area contributed by atoms with E-state index in [1.54, 1.807) is 6.92 Å². The quantitative estimate of drug-likeness (QED) is 0.696. The first-order chi connectivity index (χ1) is 13.8. The molecule has 29 heavy (non-hydrogen) atoms. The van der Waals surface area contributed by atoms with Crippen LogP contribution in [0.4, 0.5) is 4.39 Å². The van der Waals surface area contributed by atoms with Crippen molar-refractivity contribution in [2.75, 3.05) is 6.61 Å². The van der Waals surface area contributed by atoms with Crippen molar-refractivity contribution in [3.8, 4) is 5.75 Å². The Balaban J connectivity index is 2.13. The maximum absolute atomic E-state index is 13.0. The molecule has 0 saturated heterocycles. The molecule has 0 aromatic heterocycles. The molecule has 0 bridgehead atoms. The molecule has 0 unspecified atom stereocenters. The Morgan fingerprint density at radius 3 is 2.28 bits per heavy atom. The fraction of sp³-hybridized carbons (Fsp3) is 0.391. The van der Waals surface area contributed by atoms with Crippen LogP contribution in [0.5, 0.6) is 5.75 Å². The molecule has 2 atom stereocenters. The van der Waals surface area contributed by atoms with Crippen LogP contribution in [0.25, 0.3) is 0 Å². The third-order valence-corrected chi connectivity index (χ3v) is 4.82. The van der Waals surface area contributed by atoms with Crippen LogP contribution in [0.3, 0.4) is 0 Å². The molecule has 6 heteroatoms. The maximum Gasteiger partial charge on any atom is 0.261 e. The highest BCUT2D eigenvalue weighted by Crippen LogP contribution is 2.14. The number of nitrogens with zero attached hydrogens (tertiary/aromatic N) is 1. The summed E-state index contributed by atoms with van der Waals surface area (Å²) >= 11 is 0. The summed E-state index contributed by atoms with van der Waals surface area (Å²) in [7, 11) is 0. The smallest absolute Gasteiger partial charge is 0.261 e. The number of halogens is 1. The second kappa shape index (κ2) is 10.6. The van der Waals surface area contributed by atoms with E-state index < -0.39 is 6.04 Å². The summed E-state index contributed by atoms with van der Waals surface area (Å²) in [6, 6.07) is 12.7. The fourth-order valence-corrected chi connectivity index (χ4v) is 2.70. The molecule has 0 radical (unpaired) electrons. The van der Waals surface area contributed by atoms with Gasteiger partial charge in [0, 0.05) is 12.6 Å². The number of carbonyl (C=O) groups is 2. The Kier molecular flexibility index (Phi) is 8.19. The van der Waals surface area contributed by atoms with Gasteiger partial charge in [-0.25, -0.2) is 4.39 Å². The SMILES string of the molecule is CC[C@H](C)NC(=O)[C@@H](C)N(Cc1ccc(C)cc1)C(=O)COc1ccc(F)cc1. The summed E-state index contributed by atoms with van der Waals surface area (Å²) in [5.74, 6) is -0.505. The van der Waals surface area contributed by atoms with Gasteiger partial charge in [0.1, 0.15) is 17.6 Å². The molecular formula is C23H29FN2O3. The molecule has 0 saturated carbocycles. The Bertz CT molecular complexity index is 806. The molecule has 156 valence electrons. The summed E-state index contributed by atoms with van der Waals surface area (Å²) < 4.78 is 18.5. The Hall–Kier alpha value is -2.89. The highest BCUT2D eigenvalue weighted by atomic mass is 19.1. The lowest BCUT2D eigenvalue weighted by atomic mass is 10.1. The van der Waals surface area contributed by atoms with Crippen LogP contribution in [-0.2, 0) is 16.1 Å². The van der Waals surface area contributed by atoms with Gasteiger partial charge < -0.3 is 15.0 Å². The van der Waals surface area contributed by atoms with Gasteiger partial charge in [-0.2, -0.15) is 0 Å². The van der Waals surface area contributed by atoms with E-state index in [0.717, 1.165) is 17.5 Å². The number of hydrogen-bond donors (Lipinski definition) is 1. The standard InChI is InChI=1S/C23H29FN2O3/c1-5-17(3)25-23(28)18(4)26(14-19-8-6-16(2)7-9-19)22(27)15-29-21-12-10-20(24)11-13-21/h6-13,17-18H,5,14-15H2,1-4H3,(H,25,28)/t17-,18+/m0/s1. The van der Waals surface area contributed by atoms with Crippen LogP contribution in [0.15, 0.2) is 48.5 Å². The molecule has 0 heterocycles. The van der Waals surface area contributed by atoms with Crippen molar-refractivity contribution in [3.05, 3.63) is 65.5 Å². The summed E-state index contributed by atoms with van der Waals surface area (Å²) in [6.07, 6.45) is 0.804. The van der Waals surface area contributed by atoms with Crippen LogP contribution in [-0.4, -0.2) is 35.4 Å². The number of ether oxygens (including phenoxy) is 1. The number of hydrogen-bond acceptors (Lipinski definition) is 3. The van der Waals surface area contributed by atoms with E-state index in [1.165, 1.54) is 29.2 Å². The normalized spacial score (nSPS) is 12.7. The van der Waals surface area contributed by atoms with Crippen LogP contribution in [0.2, 0.25) is 0 Å². The number of rotatable bonds is 9. The molecule has 2 amide bonds. The van der Waals surface area contributed by atoms with E-state index in [1.807, 2.05) is 45.0 Å². The molecule has 1 N–H and O–H groups in total. The molecule has 0 spiro atoms. The average Bonchev–Trinajstić information content (AvgIpc) is 2.72. The molecule has 2 aromatic rings. The van der Waals surface area contributed by atoms with Gasteiger partial charge in [-0.1, -0.05) is 36.8 Å². The van der Waals surface area contributed by atoms with E-state index in [9.17, 15) is 14.0 Å². The van der Waals surface area contributed by atoms with Crippen LogP contribution in [0, 0.1) is 12.7 Å². The second-order valence-electron chi connectivity index (χ2n) is 7.24. The first kappa shape index (κ1) is 22.4. The van der Waals surface area contributed by atoms with Gasteiger partial charge in [-0.05, 0) is 57.0 Å². The average molecular weight is 400 g/mol. The fourth-order valence-electron chi connectivity index (χ4n) is 2.70. The van der Waals surface area contributed by atoms with Crippen molar-refractivity contribution in [3.63, 3.8) is 0 Å². The summed E-state index contributed by atoms with van der Waals surface area (Å²) in [6.45, 7) is 7.67. The van der Waals surface area contributed by atoms with E-state index in [4.69, 9.17) is 4.74 Å². The molecule has 0 aliphatic heterocycles. The third kappa shape index (κ3) is 6.89. The number of nitrogens with one attached hydrogen (secondary N) is 1. The molecule has 2 rings (SSSR count). The minimum atomic E-state index is -0.658. The van der Waals surface area contributed by atoms with Gasteiger partial charge in [0.15, 0.2) is 6.61 Å². The third-order valence-electron chi connectivity index (χ3n) is 4.82. The van der Waals surface area contributed by atoms with Crippen LogP contribution in [0.1, 0.15) is 38.3 Å². The van der Waals surface area contributed by atoms with Crippen molar-refractivity contribution >= 4 is 11.8 Å². The lowest BCUT2D eigenvalue weighted by Crippen LogP contribution is -2.50. The minimum Gasteiger partial charge on any atom is -0.484 e. The van der Waals surface area contributed by atoms with Crippen molar-refractivity contribution in [2.24, 2.45) is 0 Å². The molecule has 2 aromatic carbocycles. The van der Waals surface area contributed by atoms with Crippen molar-refractivity contribution in [1.29, 1.82) is 0 Å². The van der Waals surface area contributed by atoms with Crippen LogP contribution >= 0.6 is 0 Å². The topological polar surface area (TPSA) is 58.6 Å². The van der Waals surface area contributed by atoms with Gasteiger partial charge in [0.25, 0.3) is 5.91 Å². The van der Waals surface area contributed by atoms with E-state index in [-0.39, 0.29) is 30.3 Å². The van der Waals surface area contributed by atoms with Gasteiger partial charge in [-0.15, -0.1) is 0 Å². The van der Waals surface area contributed by atoms with Crippen LogP contribution < -0.4 is 10.1 Å². The monoisotopic (exact) mass is 400 g/mol. The highest BCUT2D eigenvalue weighted by Gasteiger charge is 2.27. The van der Waals surface area contributed by atoms with E-state index in [2.05, 4.69) is 5.32 Å². The second-order valence-corrected chi connectivity index (χ2v) is 7.24. The predicted molar refractivity (Wildman–Crippen MR) is 111 cm³/mol. The first-order valence-electron chi connectivity index (χ1n) is 9.84. The molecule has 0 fully saturated rings. The van der Waals surface area contributed by atoms with Crippen molar-refractivity contribution < 1.29 is 18.7 Å². The Morgan fingerprint density at radius 2 is 1.69 bits per heavy atom. The van der Waals surface area contributed by atoms with Gasteiger partial charge in [0.05, 0.1) is 0 Å². The molecule has 0 aliphatic carbocycles. The Morgan fingerprint density at radius 1 is 1.07 bits per heavy atom. The molecular weight excluding hydrogens is 371 g/mol. The van der Waals surface area contributed by atoms with Gasteiger partial charge in [0.2, 0.25) is 5.91 Å². The number of aryl methyl sites for hydroxylation is 1. The highest BCUT2D eigenvalue weighted by molar-refractivity contribution is 5.88. The largest absolute Gasteiger partial charge is 0.484 e. The zero-order valence-electron chi connectivity index (χ0n) is 17.4. The molecule has 5 nitrogen and oxygen atoms in total. The zero-order valence-corrected chi connectivity index (χ0v) is 17.4. The number of amides is 2. The van der Waals surface area contributed by atoms with Gasteiger partial charge >= 0.3 is 0 Å². The first-order valence-corrected chi connectivity index (χ1v) is 9.84. The predicted octanol–water partition coefficient (Wildman–Crippen LogP) is 3.84. The Labute approximate surface area is 171 Å². The summed E-state index contributed by atoms with van der Waals surface area (Å²) in [5, 5.41) is 2.92. The zero-order chi connectivity index (χ0) is 21.4. The lowest BCUT2D eigenvalue weighted by Gasteiger charge is -2.29. The lowest BCUT2D eigenvalue weighted by molar-refractivity contribution is -0.142. The van der Waals surface area contributed by atoms with E-state index >= 15 is 0 Å². The molecule has 0 aliphatic rings. The maximum atomic E-state index is 13.0. The van der Waals surface area contributed by atoms with Crippen molar-refractivity contribution in [1.82, 2.24) is 10.2 Å². The van der Waals surface area contributed by atoms with E-state index in [0.29, 0.717) is 12.3 Å².